The summed E-state index contributed by atoms with van der Waals surface area (Å²) in [5.74, 6) is 0.284. The summed E-state index contributed by atoms with van der Waals surface area (Å²) in [5.41, 5.74) is 1.95. The zero-order chi connectivity index (χ0) is 12.5. The van der Waals surface area contributed by atoms with Crippen LogP contribution in [0.2, 0.25) is 0 Å². The molecule has 5 nitrogen and oxygen atoms in total. The van der Waals surface area contributed by atoms with Gasteiger partial charge >= 0.3 is 5.97 Å². The summed E-state index contributed by atoms with van der Waals surface area (Å²) >= 11 is 0. The molecule has 3 rings (SSSR count). The van der Waals surface area contributed by atoms with Gasteiger partial charge in [-0.2, -0.15) is 5.10 Å². The summed E-state index contributed by atoms with van der Waals surface area (Å²) in [5, 5.41) is 7.47. The number of carbonyl (C=O) groups is 1. The van der Waals surface area contributed by atoms with Crippen LogP contribution in [0.4, 0.5) is 0 Å². The van der Waals surface area contributed by atoms with E-state index < -0.39 is 5.97 Å². The molecule has 0 amide bonds. The zero-order valence-electron chi connectivity index (χ0n) is 9.64. The topological polar surface area (TPSA) is 68.1 Å². The van der Waals surface area contributed by atoms with Crippen molar-refractivity contribution in [3.05, 3.63) is 42.3 Å². The van der Waals surface area contributed by atoms with Gasteiger partial charge in [-0.3, -0.25) is 5.10 Å². The molecule has 0 spiro atoms. The van der Waals surface area contributed by atoms with E-state index in [1.54, 1.807) is 6.26 Å². The molecule has 90 valence electrons. The van der Waals surface area contributed by atoms with Crippen molar-refractivity contribution in [2.45, 2.75) is 0 Å². The maximum absolute atomic E-state index is 11.6. The fourth-order valence-corrected chi connectivity index (χ4v) is 1.86. The molecule has 2 heterocycles. The Morgan fingerprint density at radius 3 is 3.00 bits per heavy atom. The molecule has 0 aliphatic rings. The molecule has 0 fully saturated rings. The highest BCUT2D eigenvalue weighted by atomic mass is 16.5. The standard InChI is InChI=1S/C13H10N2O3/c1-17-13(16)12-9-7-8(11-3-2-6-18-11)4-5-10(9)14-15-12/h2-7H,1H3,(H,14,15). The van der Waals surface area contributed by atoms with Crippen LogP contribution in [0.1, 0.15) is 10.5 Å². The fraction of sp³-hybridized carbons (Fsp3) is 0.0769. The number of H-pyrrole nitrogens is 1. The molecule has 0 radical (unpaired) electrons. The number of rotatable bonds is 2. The Hall–Kier alpha value is -2.56. The lowest BCUT2D eigenvalue weighted by Crippen LogP contribution is -2.01. The molecule has 3 aromatic rings. The first-order valence-electron chi connectivity index (χ1n) is 5.40. The Labute approximate surface area is 102 Å². The molecule has 2 aromatic heterocycles. The van der Waals surface area contributed by atoms with Crippen molar-refractivity contribution in [2.75, 3.05) is 7.11 Å². The van der Waals surface area contributed by atoms with Gasteiger partial charge in [0.1, 0.15) is 5.76 Å². The maximum Gasteiger partial charge on any atom is 0.359 e. The number of hydrogen-bond acceptors (Lipinski definition) is 4. The molecule has 1 N–H and O–H groups in total. The summed E-state index contributed by atoms with van der Waals surface area (Å²) in [7, 11) is 1.33. The number of hydrogen-bond donors (Lipinski definition) is 1. The van der Waals surface area contributed by atoms with Gasteiger partial charge < -0.3 is 9.15 Å². The van der Waals surface area contributed by atoms with Crippen LogP contribution in [-0.2, 0) is 4.74 Å². The van der Waals surface area contributed by atoms with Crippen molar-refractivity contribution < 1.29 is 13.9 Å². The van der Waals surface area contributed by atoms with Gasteiger partial charge in [0.15, 0.2) is 5.69 Å². The number of aromatic amines is 1. The van der Waals surface area contributed by atoms with E-state index in [0.717, 1.165) is 22.2 Å². The molecule has 0 unspecified atom stereocenters. The third-order valence-electron chi connectivity index (χ3n) is 2.75. The predicted molar refractivity (Wildman–Crippen MR) is 65.1 cm³/mol. The van der Waals surface area contributed by atoms with E-state index in [1.165, 1.54) is 7.11 Å². The monoisotopic (exact) mass is 242 g/mol. The van der Waals surface area contributed by atoms with Crippen molar-refractivity contribution in [2.24, 2.45) is 0 Å². The van der Waals surface area contributed by atoms with Crippen LogP contribution >= 0.6 is 0 Å². The number of ether oxygens (including phenoxy) is 1. The lowest BCUT2D eigenvalue weighted by Gasteiger charge is -1.98. The summed E-state index contributed by atoms with van der Waals surface area (Å²) in [6, 6.07) is 9.28. The Morgan fingerprint density at radius 2 is 2.28 bits per heavy atom. The van der Waals surface area contributed by atoms with E-state index in [2.05, 4.69) is 14.9 Å². The number of esters is 1. The Kier molecular flexibility index (Phi) is 2.37. The molecule has 0 aliphatic carbocycles. The highest BCUT2D eigenvalue weighted by molar-refractivity contribution is 6.02. The summed E-state index contributed by atoms with van der Waals surface area (Å²) in [6.07, 6.45) is 1.61. The van der Waals surface area contributed by atoms with E-state index >= 15 is 0 Å². The van der Waals surface area contributed by atoms with Gasteiger partial charge in [-0.15, -0.1) is 0 Å². The SMILES string of the molecule is COC(=O)c1n[nH]c2ccc(-c3ccco3)cc12. The van der Waals surface area contributed by atoms with E-state index in [9.17, 15) is 4.79 Å². The van der Waals surface area contributed by atoms with E-state index in [1.807, 2.05) is 30.3 Å². The quantitative estimate of drug-likeness (QED) is 0.701. The molecular weight excluding hydrogens is 232 g/mol. The number of nitrogens with zero attached hydrogens (tertiary/aromatic N) is 1. The van der Waals surface area contributed by atoms with Crippen LogP contribution in [0.25, 0.3) is 22.2 Å². The number of aromatic nitrogens is 2. The van der Waals surface area contributed by atoms with Gasteiger partial charge in [0.2, 0.25) is 0 Å². The summed E-state index contributed by atoms with van der Waals surface area (Å²) < 4.78 is 10.0. The lowest BCUT2D eigenvalue weighted by molar-refractivity contribution is 0.0596. The first kappa shape index (κ1) is 10.6. The van der Waals surface area contributed by atoms with Gasteiger partial charge in [-0.25, -0.2) is 4.79 Å². The molecular formula is C13H10N2O3. The van der Waals surface area contributed by atoms with Crippen molar-refractivity contribution in [3.8, 4) is 11.3 Å². The number of nitrogens with one attached hydrogen (secondary N) is 1. The molecule has 0 aliphatic heterocycles. The average Bonchev–Trinajstić information content (AvgIpc) is 3.06. The number of benzene rings is 1. The molecule has 0 atom stereocenters. The summed E-state index contributed by atoms with van der Waals surface area (Å²) in [4.78, 5) is 11.6. The molecule has 1 aromatic carbocycles. The number of carbonyl (C=O) groups excluding carboxylic acids is 1. The first-order valence-corrected chi connectivity index (χ1v) is 5.40. The van der Waals surface area contributed by atoms with Crippen LogP contribution in [0.15, 0.2) is 41.0 Å². The van der Waals surface area contributed by atoms with Crippen LogP contribution in [-0.4, -0.2) is 23.3 Å². The van der Waals surface area contributed by atoms with Crippen molar-refractivity contribution in [1.29, 1.82) is 0 Å². The maximum atomic E-state index is 11.6. The molecule has 0 bridgehead atoms. The Morgan fingerprint density at radius 1 is 1.39 bits per heavy atom. The largest absolute Gasteiger partial charge is 0.464 e. The lowest BCUT2D eigenvalue weighted by atomic mass is 10.1. The number of fused-ring (bicyclic) bond motifs is 1. The minimum atomic E-state index is -0.460. The Bertz CT molecular complexity index is 698. The molecule has 0 saturated heterocycles. The molecule has 0 saturated carbocycles. The molecule has 5 heteroatoms. The van der Waals surface area contributed by atoms with Crippen LogP contribution < -0.4 is 0 Å². The first-order chi connectivity index (χ1) is 8.79. The highest BCUT2D eigenvalue weighted by Crippen LogP contribution is 2.25. The second-order valence-corrected chi connectivity index (χ2v) is 3.80. The number of methoxy groups -OCH3 is 1. The van der Waals surface area contributed by atoms with E-state index in [0.29, 0.717) is 0 Å². The minimum Gasteiger partial charge on any atom is -0.464 e. The van der Waals surface area contributed by atoms with Gasteiger partial charge in [0.05, 0.1) is 18.9 Å². The Balaban J connectivity index is 2.18. The zero-order valence-corrected chi connectivity index (χ0v) is 9.64. The average molecular weight is 242 g/mol. The summed E-state index contributed by atoms with van der Waals surface area (Å²) in [6.45, 7) is 0. The number of furan rings is 1. The smallest absolute Gasteiger partial charge is 0.359 e. The normalized spacial score (nSPS) is 10.7. The van der Waals surface area contributed by atoms with E-state index in [4.69, 9.17) is 4.42 Å². The van der Waals surface area contributed by atoms with E-state index in [-0.39, 0.29) is 5.69 Å². The van der Waals surface area contributed by atoms with Gasteiger partial charge in [0.25, 0.3) is 0 Å². The van der Waals surface area contributed by atoms with Gasteiger partial charge in [0, 0.05) is 10.9 Å². The molecule has 18 heavy (non-hydrogen) atoms. The van der Waals surface area contributed by atoms with Crippen LogP contribution in [0.3, 0.4) is 0 Å². The second kappa shape index (κ2) is 4.03. The van der Waals surface area contributed by atoms with Gasteiger partial charge in [-0.05, 0) is 30.3 Å². The third-order valence-corrected chi connectivity index (χ3v) is 2.75. The van der Waals surface area contributed by atoms with Gasteiger partial charge in [-0.1, -0.05) is 0 Å². The second-order valence-electron chi connectivity index (χ2n) is 3.80. The van der Waals surface area contributed by atoms with Crippen LogP contribution in [0.5, 0.6) is 0 Å². The van der Waals surface area contributed by atoms with Crippen molar-refractivity contribution >= 4 is 16.9 Å². The highest BCUT2D eigenvalue weighted by Gasteiger charge is 2.15. The minimum absolute atomic E-state index is 0.279. The third kappa shape index (κ3) is 1.57. The van der Waals surface area contributed by atoms with Crippen LogP contribution in [0, 0.1) is 0 Å². The van der Waals surface area contributed by atoms with Crippen molar-refractivity contribution in [1.82, 2.24) is 10.2 Å². The fourth-order valence-electron chi connectivity index (χ4n) is 1.86. The predicted octanol–water partition coefficient (Wildman–Crippen LogP) is 2.61. The van der Waals surface area contributed by atoms with Crippen molar-refractivity contribution in [3.63, 3.8) is 0 Å².